The number of carbonyl (C=O) groups is 1. The van der Waals surface area contributed by atoms with Crippen LogP contribution in [0, 0.1) is 0 Å². The smallest absolute Gasteiger partial charge is 0.323 e. The van der Waals surface area contributed by atoms with E-state index in [4.69, 9.17) is 0 Å². The Kier molecular flexibility index (Phi) is 7.24. The van der Waals surface area contributed by atoms with Gasteiger partial charge in [-0.15, -0.1) is 0 Å². The average Bonchev–Trinajstić information content (AvgIpc) is 2.15. The van der Waals surface area contributed by atoms with Gasteiger partial charge in [0.05, 0.1) is 5.75 Å². The van der Waals surface area contributed by atoms with Crippen LogP contribution in [0.1, 0.15) is 27.2 Å². The normalized spacial score (nSPS) is 17.1. The first-order chi connectivity index (χ1) is 8.10. The maximum atomic E-state index is 11.2. The predicted octanol–water partition coefficient (Wildman–Crippen LogP) is 0.996. The van der Waals surface area contributed by atoms with Crippen LogP contribution in [0.4, 0.5) is 0 Å². The molecule has 0 aromatic heterocycles. The van der Waals surface area contributed by atoms with Crippen LogP contribution in [0.15, 0.2) is 0 Å². The van der Waals surface area contributed by atoms with Crippen molar-refractivity contribution in [2.45, 2.75) is 38.0 Å². The molecule has 0 heterocycles. The topological polar surface area (TPSA) is 83.5 Å². The highest BCUT2D eigenvalue weighted by atomic mass is 32.2. The molecule has 0 amide bonds. The molecule has 18 heavy (non-hydrogen) atoms. The van der Waals surface area contributed by atoms with Gasteiger partial charge in [0.2, 0.25) is 0 Å². The summed E-state index contributed by atoms with van der Waals surface area (Å²) in [6.07, 6.45) is 1.67. The molecule has 7 heteroatoms. The van der Waals surface area contributed by atoms with Gasteiger partial charge >= 0.3 is 5.97 Å². The van der Waals surface area contributed by atoms with Crippen molar-refractivity contribution in [3.63, 3.8) is 0 Å². The Bertz CT molecular complexity index is 369. The molecule has 0 saturated heterocycles. The minimum Gasteiger partial charge on any atom is -0.480 e. The van der Waals surface area contributed by atoms with Crippen molar-refractivity contribution in [3.05, 3.63) is 0 Å². The number of carboxylic acids is 1. The van der Waals surface area contributed by atoms with Crippen molar-refractivity contribution in [3.8, 4) is 0 Å². The van der Waals surface area contributed by atoms with Crippen LogP contribution in [0.5, 0.6) is 0 Å². The minimum absolute atomic E-state index is 0.0897. The molecule has 0 aliphatic rings. The highest BCUT2D eigenvalue weighted by molar-refractivity contribution is 8.01. The molecule has 2 atom stereocenters. The number of aliphatic carboxylic acids is 1. The second kappa shape index (κ2) is 7.35. The fourth-order valence-electron chi connectivity index (χ4n) is 1.66. The number of thioether (sulfide) groups is 1. The fourth-order valence-corrected chi connectivity index (χ4v) is 4.11. The van der Waals surface area contributed by atoms with Gasteiger partial charge in [-0.2, -0.15) is 11.8 Å². The lowest BCUT2D eigenvalue weighted by Crippen LogP contribution is -2.50. The molecule has 2 unspecified atom stereocenters. The van der Waals surface area contributed by atoms with Gasteiger partial charge in [0.25, 0.3) is 0 Å². The van der Waals surface area contributed by atoms with Crippen molar-refractivity contribution in [1.82, 2.24) is 5.32 Å². The SMILES string of the molecule is CCNC(C)(CC(C)SCCS(C)(=O)=O)C(=O)O. The van der Waals surface area contributed by atoms with Crippen LogP contribution in [0.25, 0.3) is 0 Å². The molecule has 0 fully saturated rings. The molecule has 0 spiro atoms. The van der Waals surface area contributed by atoms with E-state index < -0.39 is 21.3 Å². The zero-order valence-electron chi connectivity index (χ0n) is 11.4. The van der Waals surface area contributed by atoms with Gasteiger partial charge in [0.1, 0.15) is 15.4 Å². The summed E-state index contributed by atoms with van der Waals surface area (Å²) in [6, 6.07) is 0. The van der Waals surface area contributed by atoms with Crippen molar-refractivity contribution in [2.75, 3.05) is 24.3 Å². The van der Waals surface area contributed by atoms with Gasteiger partial charge in [0.15, 0.2) is 0 Å². The summed E-state index contributed by atoms with van der Waals surface area (Å²) in [4.78, 5) is 11.2. The van der Waals surface area contributed by atoms with Gasteiger partial charge in [-0.3, -0.25) is 4.79 Å². The summed E-state index contributed by atoms with van der Waals surface area (Å²) in [7, 11) is -2.94. The Morgan fingerprint density at radius 3 is 2.44 bits per heavy atom. The molecule has 0 radical (unpaired) electrons. The molecule has 0 aromatic carbocycles. The number of likely N-dealkylation sites (N-methyl/N-ethyl adjacent to an activating group) is 1. The van der Waals surface area contributed by atoms with Crippen LogP contribution < -0.4 is 5.32 Å². The van der Waals surface area contributed by atoms with Crippen molar-refractivity contribution >= 4 is 27.6 Å². The van der Waals surface area contributed by atoms with E-state index in [0.29, 0.717) is 18.7 Å². The van der Waals surface area contributed by atoms with Crippen molar-refractivity contribution in [2.24, 2.45) is 0 Å². The first-order valence-corrected chi connectivity index (χ1v) is 8.99. The monoisotopic (exact) mass is 297 g/mol. The maximum Gasteiger partial charge on any atom is 0.323 e. The van der Waals surface area contributed by atoms with E-state index in [-0.39, 0.29) is 11.0 Å². The Hall–Kier alpha value is -0.270. The molecule has 2 N–H and O–H groups in total. The second-order valence-corrected chi connectivity index (χ2v) is 8.49. The molecule has 0 aliphatic carbocycles. The summed E-state index contributed by atoms with van der Waals surface area (Å²) in [5.74, 6) is -0.241. The standard InChI is InChI=1S/C11H23NO4S2/c1-5-12-11(3,10(13)14)8-9(2)17-6-7-18(4,15)16/h9,12H,5-8H2,1-4H3,(H,13,14). The number of carboxylic acid groups (broad SMARTS) is 1. The highest BCUT2D eigenvalue weighted by Crippen LogP contribution is 2.22. The van der Waals surface area contributed by atoms with Crippen LogP contribution >= 0.6 is 11.8 Å². The number of sulfone groups is 1. The lowest BCUT2D eigenvalue weighted by atomic mass is 9.96. The number of hydrogen-bond acceptors (Lipinski definition) is 5. The van der Waals surface area contributed by atoms with E-state index in [1.54, 1.807) is 6.92 Å². The Morgan fingerprint density at radius 2 is 2.06 bits per heavy atom. The molecule has 0 aliphatic heterocycles. The van der Waals surface area contributed by atoms with E-state index in [9.17, 15) is 18.3 Å². The van der Waals surface area contributed by atoms with Crippen LogP contribution in [-0.4, -0.2) is 54.6 Å². The van der Waals surface area contributed by atoms with Gasteiger partial charge in [-0.05, 0) is 19.9 Å². The van der Waals surface area contributed by atoms with Crippen LogP contribution in [-0.2, 0) is 14.6 Å². The molecule has 0 saturated carbocycles. The van der Waals surface area contributed by atoms with Crippen LogP contribution in [0.3, 0.4) is 0 Å². The summed E-state index contributed by atoms with van der Waals surface area (Å²) in [6.45, 7) is 6.03. The fraction of sp³-hybridized carbons (Fsp3) is 0.909. The minimum atomic E-state index is -2.94. The molecular weight excluding hydrogens is 274 g/mol. The Morgan fingerprint density at radius 1 is 1.50 bits per heavy atom. The first-order valence-electron chi connectivity index (χ1n) is 5.88. The van der Waals surface area contributed by atoms with E-state index in [1.165, 1.54) is 18.0 Å². The maximum absolute atomic E-state index is 11.2. The largest absolute Gasteiger partial charge is 0.480 e. The number of nitrogens with one attached hydrogen (secondary N) is 1. The van der Waals surface area contributed by atoms with E-state index in [0.717, 1.165) is 0 Å². The third kappa shape index (κ3) is 7.23. The Labute approximate surface area is 114 Å². The molecule has 0 aromatic rings. The molecule has 108 valence electrons. The molecule has 0 bridgehead atoms. The highest BCUT2D eigenvalue weighted by Gasteiger charge is 2.33. The van der Waals surface area contributed by atoms with Gasteiger partial charge in [-0.1, -0.05) is 13.8 Å². The van der Waals surface area contributed by atoms with Crippen molar-refractivity contribution in [1.29, 1.82) is 0 Å². The Balaban J connectivity index is 4.27. The molecular formula is C11H23NO4S2. The van der Waals surface area contributed by atoms with E-state index in [1.807, 2.05) is 13.8 Å². The lowest BCUT2D eigenvalue weighted by molar-refractivity contribution is -0.144. The lowest BCUT2D eigenvalue weighted by Gasteiger charge is -2.28. The van der Waals surface area contributed by atoms with Gasteiger partial charge < -0.3 is 10.4 Å². The van der Waals surface area contributed by atoms with E-state index >= 15 is 0 Å². The molecule has 0 rings (SSSR count). The van der Waals surface area contributed by atoms with Gasteiger partial charge in [-0.25, -0.2) is 8.42 Å². The zero-order valence-corrected chi connectivity index (χ0v) is 13.0. The van der Waals surface area contributed by atoms with E-state index in [2.05, 4.69) is 5.32 Å². The summed E-state index contributed by atoms with van der Waals surface area (Å²) in [5.41, 5.74) is -0.952. The quantitative estimate of drug-likeness (QED) is 0.660. The predicted molar refractivity (Wildman–Crippen MR) is 76.0 cm³/mol. The summed E-state index contributed by atoms with van der Waals surface area (Å²) in [5, 5.41) is 12.3. The number of hydrogen-bond donors (Lipinski definition) is 2. The summed E-state index contributed by atoms with van der Waals surface area (Å²) >= 11 is 1.49. The average molecular weight is 297 g/mol. The third-order valence-corrected chi connectivity index (χ3v) is 4.97. The second-order valence-electron chi connectivity index (χ2n) is 4.68. The zero-order chi connectivity index (χ0) is 14.4. The first kappa shape index (κ1) is 17.7. The van der Waals surface area contributed by atoms with Crippen molar-refractivity contribution < 1.29 is 18.3 Å². The third-order valence-electron chi connectivity index (χ3n) is 2.59. The van der Waals surface area contributed by atoms with Crippen LogP contribution in [0.2, 0.25) is 0 Å². The molecule has 5 nitrogen and oxygen atoms in total. The van der Waals surface area contributed by atoms with Gasteiger partial charge in [0, 0.05) is 17.3 Å². The number of rotatable bonds is 9. The summed E-state index contributed by atoms with van der Waals surface area (Å²) < 4.78 is 22.0.